The Balaban J connectivity index is 1.62. The maximum atomic E-state index is 13.6. The number of halogens is 3. The number of hydrogen-bond acceptors (Lipinski definition) is 3. The van der Waals surface area contributed by atoms with Crippen molar-refractivity contribution in [1.29, 1.82) is 0 Å². The number of benzene rings is 2. The maximum Gasteiger partial charge on any atom is 0.229 e. The van der Waals surface area contributed by atoms with Crippen molar-refractivity contribution in [2.75, 3.05) is 5.32 Å². The summed E-state index contributed by atoms with van der Waals surface area (Å²) < 4.78 is 40.1. The fourth-order valence-corrected chi connectivity index (χ4v) is 3.67. The zero-order valence-corrected chi connectivity index (χ0v) is 16.4. The van der Waals surface area contributed by atoms with E-state index < -0.39 is 11.6 Å². The molecule has 1 aliphatic carbocycles. The van der Waals surface area contributed by atoms with E-state index in [9.17, 15) is 18.0 Å². The van der Waals surface area contributed by atoms with E-state index in [-0.39, 0.29) is 18.1 Å². The van der Waals surface area contributed by atoms with Crippen LogP contribution in [0.2, 0.25) is 0 Å². The lowest BCUT2D eigenvalue weighted by Gasteiger charge is -2.21. The van der Waals surface area contributed by atoms with Gasteiger partial charge in [-0.3, -0.25) is 4.79 Å². The zero-order chi connectivity index (χ0) is 21.3. The summed E-state index contributed by atoms with van der Waals surface area (Å²) in [5.41, 5.74) is 4.24. The summed E-state index contributed by atoms with van der Waals surface area (Å²) in [6, 6.07) is 8.04. The van der Waals surface area contributed by atoms with Gasteiger partial charge in [0, 0.05) is 5.56 Å². The normalized spacial score (nSPS) is 12.3. The molecule has 1 aromatic heterocycles. The molecule has 154 valence electrons. The summed E-state index contributed by atoms with van der Waals surface area (Å²) in [6.45, 7) is 2.00. The summed E-state index contributed by atoms with van der Waals surface area (Å²) in [4.78, 5) is 21.9. The molecule has 0 aliphatic heterocycles. The van der Waals surface area contributed by atoms with E-state index >= 15 is 0 Å². The lowest BCUT2D eigenvalue weighted by Crippen LogP contribution is -2.20. The molecule has 0 fully saturated rings. The Hall–Kier alpha value is -3.22. The molecule has 1 heterocycles. The van der Waals surface area contributed by atoms with E-state index in [4.69, 9.17) is 4.98 Å². The van der Waals surface area contributed by atoms with Crippen molar-refractivity contribution in [2.24, 2.45) is 0 Å². The van der Waals surface area contributed by atoms with Crippen LogP contribution < -0.4 is 5.32 Å². The Kier molecular flexibility index (Phi) is 5.53. The highest BCUT2D eigenvalue weighted by atomic mass is 19.2. The highest BCUT2D eigenvalue weighted by Gasteiger charge is 2.22. The molecule has 0 atom stereocenters. The third kappa shape index (κ3) is 4.06. The Morgan fingerprint density at radius 1 is 1.03 bits per heavy atom. The van der Waals surface area contributed by atoms with Crippen LogP contribution in [0.4, 0.5) is 19.0 Å². The Morgan fingerprint density at radius 3 is 2.63 bits per heavy atom. The number of anilines is 1. The monoisotopic (exact) mass is 411 g/mol. The molecule has 30 heavy (non-hydrogen) atoms. The van der Waals surface area contributed by atoms with Crippen LogP contribution in [0.15, 0.2) is 36.4 Å². The van der Waals surface area contributed by atoms with Crippen LogP contribution >= 0.6 is 0 Å². The quantitative estimate of drug-likeness (QED) is 0.657. The lowest BCUT2D eigenvalue weighted by molar-refractivity contribution is -0.115. The lowest BCUT2D eigenvalue weighted by atomic mass is 9.91. The summed E-state index contributed by atoms with van der Waals surface area (Å²) >= 11 is 0. The third-order valence-corrected chi connectivity index (χ3v) is 5.09. The number of nitrogens with zero attached hydrogens (tertiary/aromatic N) is 2. The van der Waals surface area contributed by atoms with E-state index in [1.807, 2.05) is 6.92 Å². The molecular formula is C23H20F3N3O. The van der Waals surface area contributed by atoms with Gasteiger partial charge >= 0.3 is 0 Å². The summed E-state index contributed by atoms with van der Waals surface area (Å²) in [5.74, 6) is -2.22. The molecule has 0 bridgehead atoms. The van der Waals surface area contributed by atoms with Gasteiger partial charge in [0.25, 0.3) is 0 Å². The first-order valence-electron chi connectivity index (χ1n) is 9.87. The van der Waals surface area contributed by atoms with Gasteiger partial charge in [-0.25, -0.2) is 23.1 Å². The van der Waals surface area contributed by atoms with Gasteiger partial charge in [-0.15, -0.1) is 0 Å². The first kappa shape index (κ1) is 20.1. The van der Waals surface area contributed by atoms with Crippen molar-refractivity contribution in [3.8, 4) is 11.3 Å². The molecule has 3 aromatic rings. The van der Waals surface area contributed by atoms with Crippen molar-refractivity contribution in [3.63, 3.8) is 0 Å². The molecule has 0 unspecified atom stereocenters. The van der Waals surface area contributed by atoms with E-state index in [2.05, 4.69) is 10.3 Å². The van der Waals surface area contributed by atoms with Gasteiger partial charge in [0.2, 0.25) is 5.91 Å². The molecule has 0 spiro atoms. The minimum atomic E-state index is -0.990. The minimum absolute atomic E-state index is 0.107. The molecule has 0 radical (unpaired) electrons. The van der Waals surface area contributed by atoms with E-state index in [0.717, 1.165) is 41.1 Å². The van der Waals surface area contributed by atoms with Gasteiger partial charge in [-0.1, -0.05) is 19.4 Å². The van der Waals surface area contributed by atoms with Crippen molar-refractivity contribution >= 4 is 11.7 Å². The topological polar surface area (TPSA) is 54.9 Å². The van der Waals surface area contributed by atoms with Crippen LogP contribution in [0.25, 0.3) is 11.3 Å². The summed E-state index contributed by atoms with van der Waals surface area (Å²) in [5, 5.41) is 2.77. The smallest absolute Gasteiger partial charge is 0.229 e. The summed E-state index contributed by atoms with van der Waals surface area (Å²) in [6.07, 6.45) is 2.54. The van der Waals surface area contributed by atoms with Crippen LogP contribution in [0.1, 0.15) is 35.9 Å². The number of carbonyl (C=O) groups excluding carboxylic acids is 1. The van der Waals surface area contributed by atoms with Gasteiger partial charge in [0.15, 0.2) is 17.5 Å². The van der Waals surface area contributed by atoms with Crippen molar-refractivity contribution in [1.82, 2.24) is 9.97 Å². The predicted octanol–water partition coefficient (Wildman–Crippen LogP) is 4.79. The standard InChI is InChI=1S/C23H20F3N3O/c1-2-3-20-23(29-21(30)11-13-4-8-17(25)18(26)10-13)28-19-9-5-14-12-15(24)6-7-16(14)22(19)27-20/h4,6-8,10,12H,2-3,5,9,11H2,1H3,(H,28,29,30). The first-order chi connectivity index (χ1) is 14.4. The highest BCUT2D eigenvalue weighted by Crippen LogP contribution is 2.33. The number of carbonyl (C=O) groups is 1. The predicted molar refractivity (Wildman–Crippen MR) is 108 cm³/mol. The van der Waals surface area contributed by atoms with Crippen molar-refractivity contribution in [3.05, 3.63) is 76.4 Å². The highest BCUT2D eigenvalue weighted by molar-refractivity contribution is 5.92. The second kappa shape index (κ2) is 8.26. The number of fused-ring (bicyclic) bond motifs is 3. The maximum absolute atomic E-state index is 13.6. The van der Waals surface area contributed by atoms with Gasteiger partial charge < -0.3 is 5.32 Å². The van der Waals surface area contributed by atoms with Gasteiger partial charge in [0.1, 0.15) is 5.82 Å². The SMILES string of the molecule is CCCc1nc2c(nc1NC(=O)Cc1ccc(F)c(F)c1)CCc1cc(F)ccc1-2. The molecule has 4 rings (SSSR count). The molecular weight excluding hydrogens is 391 g/mol. The average Bonchev–Trinajstić information content (AvgIpc) is 2.71. The summed E-state index contributed by atoms with van der Waals surface area (Å²) in [7, 11) is 0. The largest absolute Gasteiger partial charge is 0.309 e. The fraction of sp³-hybridized carbons (Fsp3) is 0.261. The van der Waals surface area contributed by atoms with E-state index in [1.165, 1.54) is 18.2 Å². The molecule has 2 aromatic carbocycles. The van der Waals surface area contributed by atoms with Crippen LogP contribution in [0.5, 0.6) is 0 Å². The fourth-order valence-electron chi connectivity index (χ4n) is 3.67. The van der Waals surface area contributed by atoms with Gasteiger partial charge in [0.05, 0.1) is 23.5 Å². The molecule has 4 nitrogen and oxygen atoms in total. The Labute approximate surface area is 172 Å². The van der Waals surface area contributed by atoms with E-state index in [1.54, 1.807) is 6.07 Å². The number of hydrogen-bond donors (Lipinski definition) is 1. The van der Waals surface area contributed by atoms with Crippen LogP contribution in [-0.2, 0) is 30.5 Å². The third-order valence-electron chi connectivity index (χ3n) is 5.09. The van der Waals surface area contributed by atoms with Gasteiger partial charge in [-0.05, 0) is 60.7 Å². The molecule has 0 saturated carbocycles. The Bertz CT molecular complexity index is 1130. The van der Waals surface area contributed by atoms with Gasteiger partial charge in [-0.2, -0.15) is 0 Å². The molecule has 0 saturated heterocycles. The average molecular weight is 411 g/mol. The molecule has 1 amide bonds. The number of nitrogens with one attached hydrogen (secondary N) is 1. The second-order valence-corrected chi connectivity index (χ2v) is 7.34. The Morgan fingerprint density at radius 2 is 1.87 bits per heavy atom. The first-order valence-corrected chi connectivity index (χ1v) is 9.87. The molecule has 1 aliphatic rings. The van der Waals surface area contributed by atoms with E-state index in [0.29, 0.717) is 36.3 Å². The number of rotatable bonds is 5. The molecule has 1 N–H and O–H groups in total. The number of aryl methyl sites for hydroxylation is 3. The van der Waals surface area contributed by atoms with Crippen molar-refractivity contribution < 1.29 is 18.0 Å². The van der Waals surface area contributed by atoms with Crippen LogP contribution in [-0.4, -0.2) is 15.9 Å². The molecule has 7 heteroatoms. The van der Waals surface area contributed by atoms with Crippen LogP contribution in [0.3, 0.4) is 0 Å². The number of amides is 1. The second-order valence-electron chi connectivity index (χ2n) is 7.34. The number of aromatic nitrogens is 2. The minimum Gasteiger partial charge on any atom is -0.309 e. The van der Waals surface area contributed by atoms with Crippen molar-refractivity contribution in [2.45, 2.75) is 39.0 Å². The van der Waals surface area contributed by atoms with Crippen LogP contribution in [0, 0.1) is 17.5 Å². The zero-order valence-electron chi connectivity index (χ0n) is 16.4.